The minimum atomic E-state index is -4.63. The largest absolute Gasteiger partial charge is 0.417 e. The number of hydrogen-bond acceptors (Lipinski definition) is 5. The molecular weight excluding hydrogens is 579 g/mol. The highest BCUT2D eigenvalue weighted by Gasteiger charge is 2.33. The summed E-state index contributed by atoms with van der Waals surface area (Å²) in [6.45, 7) is 0.0706. The third-order valence-electron chi connectivity index (χ3n) is 5.12. The van der Waals surface area contributed by atoms with E-state index in [1.165, 1.54) is 12.3 Å². The van der Waals surface area contributed by atoms with Crippen LogP contribution in [0.5, 0.6) is 0 Å². The number of thioether (sulfide) groups is 1. The van der Waals surface area contributed by atoms with Gasteiger partial charge in [-0.15, -0.1) is 0 Å². The normalized spacial score (nSPS) is 12.1. The van der Waals surface area contributed by atoms with E-state index in [0.717, 1.165) is 22.4 Å². The highest BCUT2D eigenvalue weighted by atomic mass is 79.9. The highest BCUT2D eigenvalue weighted by molar-refractivity contribution is 9.10. The molecule has 0 amide bonds. The first kappa shape index (κ1) is 26.4. The second-order valence-electron chi connectivity index (χ2n) is 7.67. The number of aromatic nitrogens is 2. The van der Waals surface area contributed by atoms with E-state index < -0.39 is 22.3 Å². The maximum atomic E-state index is 13.4. The summed E-state index contributed by atoms with van der Waals surface area (Å²) >= 11 is 10.6. The molecule has 1 N–H and O–H groups in total. The van der Waals surface area contributed by atoms with Crippen LogP contribution >= 0.6 is 39.3 Å². The van der Waals surface area contributed by atoms with Crippen LogP contribution in [0.1, 0.15) is 16.7 Å². The van der Waals surface area contributed by atoms with Crippen molar-refractivity contribution in [2.45, 2.75) is 11.9 Å². The summed E-state index contributed by atoms with van der Waals surface area (Å²) < 4.78 is 41.6. The Morgan fingerprint density at radius 3 is 2.69 bits per heavy atom. The molecule has 5 nitrogen and oxygen atoms in total. The Labute approximate surface area is 221 Å². The first-order valence-corrected chi connectivity index (χ1v) is 12.9. The third kappa shape index (κ3) is 6.00. The summed E-state index contributed by atoms with van der Waals surface area (Å²) in [5.74, 6) is 1.47. The fourth-order valence-electron chi connectivity index (χ4n) is 3.46. The molecule has 186 valence electrons. The molecule has 0 atom stereocenters. The number of alkyl halides is 3. The summed E-state index contributed by atoms with van der Waals surface area (Å²) in [6.07, 6.45) is -3.46. The van der Waals surface area contributed by atoms with Crippen molar-refractivity contribution >= 4 is 56.4 Å². The van der Waals surface area contributed by atoms with Crippen LogP contribution in [0.2, 0.25) is 5.02 Å². The van der Waals surface area contributed by atoms with Crippen LogP contribution < -0.4 is 5.56 Å². The van der Waals surface area contributed by atoms with E-state index in [9.17, 15) is 18.0 Å². The number of nitrogens with zero attached hydrogens (tertiary/aromatic N) is 3. The number of aliphatic hydroxyl groups excluding tert-OH is 1. The zero-order valence-corrected chi connectivity index (χ0v) is 21.6. The van der Waals surface area contributed by atoms with Crippen molar-refractivity contribution in [3.05, 3.63) is 97.2 Å². The van der Waals surface area contributed by atoms with Gasteiger partial charge in [0.2, 0.25) is 0 Å². The number of halogens is 5. The van der Waals surface area contributed by atoms with E-state index in [0.29, 0.717) is 32.4 Å². The lowest BCUT2D eigenvalue weighted by molar-refractivity contribution is -0.137. The maximum Gasteiger partial charge on any atom is 0.417 e. The molecule has 0 unspecified atom stereocenters. The summed E-state index contributed by atoms with van der Waals surface area (Å²) in [6, 6.07) is 15.9. The van der Waals surface area contributed by atoms with Crippen LogP contribution in [0.25, 0.3) is 22.3 Å². The Morgan fingerprint density at radius 2 is 1.94 bits per heavy atom. The zero-order chi connectivity index (χ0) is 25.9. The van der Waals surface area contributed by atoms with Crippen molar-refractivity contribution in [2.24, 2.45) is 5.10 Å². The molecule has 1 aromatic heterocycles. The molecule has 0 saturated heterocycles. The van der Waals surface area contributed by atoms with Crippen molar-refractivity contribution in [1.82, 2.24) is 9.66 Å². The van der Waals surface area contributed by atoms with Crippen LogP contribution in [0.15, 0.2) is 75.0 Å². The van der Waals surface area contributed by atoms with Gasteiger partial charge in [-0.2, -0.15) is 34.7 Å². The molecule has 0 fully saturated rings. The molecule has 4 aromatic rings. The Hall–Kier alpha value is -2.66. The van der Waals surface area contributed by atoms with Crippen LogP contribution in [0.3, 0.4) is 0 Å². The molecule has 11 heteroatoms. The topological polar surface area (TPSA) is 67.5 Å². The second-order valence-corrected chi connectivity index (χ2v) is 10.1. The summed E-state index contributed by atoms with van der Waals surface area (Å²) in [4.78, 5) is 18.1. The number of rotatable bonds is 7. The van der Waals surface area contributed by atoms with Crippen molar-refractivity contribution in [2.75, 3.05) is 12.4 Å². The van der Waals surface area contributed by atoms with Gasteiger partial charge in [-0.1, -0.05) is 51.8 Å². The maximum absolute atomic E-state index is 13.4. The predicted molar refractivity (Wildman–Crippen MR) is 142 cm³/mol. The lowest BCUT2D eigenvalue weighted by atomic mass is 10.1. The third-order valence-corrected chi connectivity index (χ3v) is 6.95. The average molecular weight is 597 g/mol. The molecule has 0 spiro atoms. The van der Waals surface area contributed by atoms with Crippen LogP contribution in [-0.2, 0) is 11.9 Å². The fourth-order valence-corrected chi connectivity index (χ4v) is 4.74. The summed E-state index contributed by atoms with van der Waals surface area (Å²) in [5.41, 5.74) is 0.679. The van der Waals surface area contributed by atoms with E-state index in [1.54, 1.807) is 36.0 Å². The minimum Gasteiger partial charge on any atom is -0.396 e. The van der Waals surface area contributed by atoms with Crippen LogP contribution in [0, 0.1) is 0 Å². The van der Waals surface area contributed by atoms with Crippen molar-refractivity contribution in [1.29, 1.82) is 0 Å². The highest BCUT2D eigenvalue weighted by Crippen LogP contribution is 2.35. The van der Waals surface area contributed by atoms with Gasteiger partial charge in [-0.25, -0.2) is 4.98 Å². The monoisotopic (exact) mass is 595 g/mol. The molecule has 1 heterocycles. The molecule has 0 saturated carbocycles. The molecule has 0 radical (unpaired) electrons. The van der Waals surface area contributed by atoms with Crippen molar-refractivity contribution < 1.29 is 18.3 Å². The van der Waals surface area contributed by atoms with E-state index in [4.69, 9.17) is 16.7 Å². The Balaban J connectivity index is 1.85. The van der Waals surface area contributed by atoms with Crippen molar-refractivity contribution in [3.8, 4) is 11.4 Å². The van der Waals surface area contributed by atoms with Gasteiger partial charge in [-0.3, -0.25) is 4.79 Å². The molecule has 3 aromatic carbocycles. The van der Waals surface area contributed by atoms with Gasteiger partial charge in [0, 0.05) is 21.5 Å². The molecule has 0 bridgehead atoms. The van der Waals surface area contributed by atoms with E-state index in [-0.39, 0.29) is 18.0 Å². The second kappa shape index (κ2) is 11.2. The lowest BCUT2D eigenvalue weighted by Crippen LogP contribution is -2.20. The Kier molecular flexibility index (Phi) is 8.19. The zero-order valence-electron chi connectivity index (χ0n) is 18.5. The minimum absolute atomic E-state index is 0.0706. The smallest absolute Gasteiger partial charge is 0.396 e. The number of aliphatic hydroxyl groups is 1. The molecule has 0 aliphatic rings. The molecule has 0 aliphatic heterocycles. The van der Waals surface area contributed by atoms with E-state index in [1.807, 2.05) is 18.2 Å². The van der Waals surface area contributed by atoms with Gasteiger partial charge in [-0.05, 0) is 47.5 Å². The van der Waals surface area contributed by atoms with Gasteiger partial charge in [0.1, 0.15) is 0 Å². The van der Waals surface area contributed by atoms with Gasteiger partial charge in [0.25, 0.3) is 5.56 Å². The van der Waals surface area contributed by atoms with Crippen LogP contribution in [-0.4, -0.2) is 33.3 Å². The van der Waals surface area contributed by atoms with Gasteiger partial charge in [0.05, 0.1) is 34.3 Å². The predicted octanol–water partition coefficient (Wildman–Crippen LogP) is 6.61. The quantitative estimate of drug-likeness (QED) is 0.193. The SMILES string of the molecule is O=c1c2cc(Br)ccc2nc(-c2cccc(CSCCO)c2)n1N=Cc1ccc(Cl)c(C(F)(F)F)c1. The first-order chi connectivity index (χ1) is 17.2. The molecule has 0 aliphatic carbocycles. The number of benzene rings is 3. The molecule has 4 rings (SSSR count). The lowest BCUT2D eigenvalue weighted by Gasteiger charge is -2.12. The number of hydrogen-bond donors (Lipinski definition) is 1. The first-order valence-electron chi connectivity index (χ1n) is 10.6. The Morgan fingerprint density at radius 1 is 1.14 bits per heavy atom. The average Bonchev–Trinajstić information content (AvgIpc) is 2.84. The molecule has 36 heavy (non-hydrogen) atoms. The Bertz CT molecular complexity index is 1510. The molecular formula is C25H18BrClF3N3O2S. The standard InChI is InChI=1S/C25H18BrClF3N3O2S/c26-18-5-7-22-19(12-18)24(35)33(31-13-15-4-6-21(27)20(11-15)25(28,29)30)23(32-22)17-3-1-2-16(10-17)14-36-9-8-34/h1-7,10-13,34H,8-9,14H2. The van der Waals surface area contributed by atoms with Crippen LogP contribution in [0.4, 0.5) is 13.2 Å². The van der Waals surface area contributed by atoms with E-state index >= 15 is 0 Å². The van der Waals surface area contributed by atoms with Gasteiger partial charge in [0.15, 0.2) is 5.82 Å². The fraction of sp³-hybridized carbons (Fsp3) is 0.160. The van der Waals surface area contributed by atoms with Crippen molar-refractivity contribution in [3.63, 3.8) is 0 Å². The number of fused-ring (bicyclic) bond motifs is 1. The van der Waals surface area contributed by atoms with Gasteiger partial charge < -0.3 is 5.11 Å². The summed E-state index contributed by atoms with van der Waals surface area (Å²) in [5, 5.41) is 13.2. The van der Waals surface area contributed by atoms with Gasteiger partial charge >= 0.3 is 6.18 Å². The summed E-state index contributed by atoms with van der Waals surface area (Å²) in [7, 11) is 0. The van der Waals surface area contributed by atoms with E-state index in [2.05, 4.69) is 26.0 Å².